The Balaban J connectivity index is 1.85. The minimum Gasteiger partial charge on any atom is -0.465 e. The van der Waals surface area contributed by atoms with Gasteiger partial charge in [-0.15, -0.1) is 5.10 Å². The SMILES string of the molecule is CCCSC1=NN2C(=c3cc(Br)ccc3=N[C@@H]2c2ccc(C(=O)OC)cc2)C(=O)N1. The normalized spacial score (nSPS) is 17.4. The minimum absolute atomic E-state index is 0.214. The van der Waals surface area contributed by atoms with Crippen LogP contribution >= 0.6 is 27.7 Å². The van der Waals surface area contributed by atoms with Crippen LogP contribution in [0.4, 0.5) is 0 Å². The highest BCUT2D eigenvalue weighted by Crippen LogP contribution is 2.31. The number of hydrogen-bond acceptors (Lipinski definition) is 7. The maximum atomic E-state index is 13.0. The molecular formula is C21H19BrN4O3S. The van der Waals surface area contributed by atoms with E-state index in [1.165, 1.54) is 18.9 Å². The second kappa shape index (κ2) is 8.61. The summed E-state index contributed by atoms with van der Waals surface area (Å²) in [7, 11) is 1.35. The molecule has 154 valence electrons. The zero-order valence-corrected chi connectivity index (χ0v) is 18.8. The number of nitrogens with one attached hydrogen (secondary N) is 1. The van der Waals surface area contributed by atoms with Gasteiger partial charge in [-0.1, -0.05) is 46.7 Å². The first-order chi connectivity index (χ1) is 14.5. The molecule has 2 aromatic carbocycles. The predicted octanol–water partition coefficient (Wildman–Crippen LogP) is 2.52. The molecule has 2 aliphatic heterocycles. The number of amides is 1. The number of halogens is 1. The largest absolute Gasteiger partial charge is 0.465 e. The molecule has 0 aromatic heterocycles. The van der Waals surface area contributed by atoms with Gasteiger partial charge in [-0.05, 0) is 42.3 Å². The molecule has 0 saturated heterocycles. The molecule has 1 amide bonds. The van der Waals surface area contributed by atoms with Gasteiger partial charge in [0.25, 0.3) is 5.91 Å². The fourth-order valence-electron chi connectivity index (χ4n) is 3.24. The summed E-state index contributed by atoms with van der Waals surface area (Å²) in [5.41, 5.74) is 1.71. The lowest BCUT2D eigenvalue weighted by Crippen LogP contribution is -2.50. The molecule has 1 atom stereocenters. The molecular weight excluding hydrogens is 468 g/mol. The number of benzene rings is 2. The first-order valence-electron chi connectivity index (χ1n) is 9.39. The van der Waals surface area contributed by atoms with E-state index in [0.717, 1.165) is 22.2 Å². The number of thioether (sulfide) groups is 1. The lowest BCUT2D eigenvalue weighted by molar-refractivity contribution is -0.116. The van der Waals surface area contributed by atoms with Gasteiger partial charge < -0.3 is 4.74 Å². The van der Waals surface area contributed by atoms with Gasteiger partial charge in [0.15, 0.2) is 11.3 Å². The summed E-state index contributed by atoms with van der Waals surface area (Å²) in [6.07, 6.45) is 0.443. The number of carbonyl (C=O) groups excluding carboxylic acids is 2. The van der Waals surface area contributed by atoms with Crippen molar-refractivity contribution in [1.82, 2.24) is 10.3 Å². The smallest absolute Gasteiger partial charge is 0.337 e. The molecule has 1 N–H and O–H groups in total. The van der Waals surface area contributed by atoms with E-state index in [0.29, 0.717) is 27.0 Å². The summed E-state index contributed by atoms with van der Waals surface area (Å²) < 4.78 is 5.63. The van der Waals surface area contributed by atoms with E-state index in [1.807, 2.05) is 30.3 Å². The van der Waals surface area contributed by atoms with Crippen molar-refractivity contribution in [2.45, 2.75) is 19.5 Å². The number of amidine groups is 1. The van der Waals surface area contributed by atoms with Crippen molar-refractivity contribution in [2.24, 2.45) is 10.1 Å². The van der Waals surface area contributed by atoms with Crippen molar-refractivity contribution in [3.05, 3.63) is 68.6 Å². The van der Waals surface area contributed by atoms with E-state index in [-0.39, 0.29) is 5.91 Å². The summed E-state index contributed by atoms with van der Waals surface area (Å²) >= 11 is 4.97. The van der Waals surface area contributed by atoms with E-state index in [2.05, 4.69) is 28.2 Å². The Kier molecular flexibility index (Phi) is 5.92. The third-order valence-electron chi connectivity index (χ3n) is 4.64. The maximum absolute atomic E-state index is 13.0. The van der Waals surface area contributed by atoms with Crippen LogP contribution in [-0.2, 0) is 9.53 Å². The summed E-state index contributed by atoms with van der Waals surface area (Å²) in [4.78, 5) is 29.7. The van der Waals surface area contributed by atoms with Crippen LogP contribution in [0.5, 0.6) is 0 Å². The van der Waals surface area contributed by atoms with Gasteiger partial charge in [0.1, 0.15) is 5.70 Å². The summed E-state index contributed by atoms with van der Waals surface area (Å²) in [5, 5.41) is 11.2. The number of carbonyl (C=O) groups is 2. The fourth-order valence-corrected chi connectivity index (χ4v) is 4.31. The molecule has 0 saturated carbocycles. The van der Waals surface area contributed by atoms with Crippen molar-refractivity contribution < 1.29 is 14.3 Å². The van der Waals surface area contributed by atoms with Crippen LogP contribution in [-0.4, -0.2) is 34.9 Å². The second-order valence-corrected chi connectivity index (χ2v) is 8.68. The molecule has 0 aliphatic carbocycles. The van der Waals surface area contributed by atoms with E-state index in [4.69, 9.17) is 14.8 Å². The second-order valence-electron chi connectivity index (χ2n) is 6.68. The highest BCUT2D eigenvalue weighted by Gasteiger charge is 2.34. The molecule has 7 nitrogen and oxygen atoms in total. The predicted molar refractivity (Wildman–Crippen MR) is 119 cm³/mol. The topological polar surface area (TPSA) is 83.4 Å². The third kappa shape index (κ3) is 3.87. The van der Waals surface area contributed by atoms with Crippen LogP contribution < -0.4 is 15.9 Å². The van der Waals surface area contributed by atoms with Gasteiger partial charge in [-0.3, -0.25) is 15.1 Å². The Morgan fingerprint density at radius 3 is 2.73 bits per heavy atom. The van der Waals surface area contributed by atoms with E-state index in [1.54, 1.807) is 17.1 Å². The lowest BCUT2D eigenvalue weighted by atomic mass is 10.1. The Morgan fingerprint density at radius 2 is 2.03 bits per heavy atom. The van der Waals surface area contributed by atoms with Crippen LogP contribution in [0.25, 0.3) is 5.70 Å². The number of esters is 1. The van der Waals surface area contributed by atoms with Crippen molar-refractivity contribution in [3.8, 4) is 0 Å². The molecule has 2 aliphatic rings. The van der Waals surface area contributed by atoms with E-state index in [9.17, 15) is 9.59 Å². The number of nitrogens with zero attached hydrogens (tertiary/aromatic N) is 3. The molecule has 2 aromatic rings. The molecule has 30 heavy (non-hydrogen) atoms. The summed E-state index contributed by atoms with van der Waals surface area (Å²) in [5.74, 6) is 0.229. The van der Waals surface area contributed by atoms with Crippen LogP contribution in [0.2, 0.25) is 0 Å². The number of hydrazone groups is 1. The third-order valence-corrected chi connectivity index (χ3v) is 6.21. The molecule has 0 fully saturated rings. The van der Waals surface area contributed by atoms with Gasteiger partial charge >= 0.3 is 5.97 Å². The molecule has 0 spiro atoms. The quantitative estimate of drug-likeness (QED) is 0.671. The van der Waals surface area contributed by atoms with Gasteiger partial charge in [0.05, 0.1) is 18.0 Å². The summed E-state index contributed by atoms with van der Waals surface area (Å²) in [6, 6.07) is 12.6. The van der Waals surface area contributed by atoms with Gasteiger partial charge in [-0.2, -0.15) is 0 Å². The van der Waals surface area contributed by atoms with Crippen LogP contribution in [0.1, 0.15) is 35.4 Å². The van der Waals surface area contributed by atoms with E-state index >= 15 is 0 Å². The molecule has 0 radical (unpaired) electrons. The Bertz CT molecular complexity index is 1160. The summed E-state index contributed by atoms with van der Waals surface area (Å²) in [6.45, 7) is 2.07. The van der Waals surface area contributed by atoms with Crippen LogP contribution in [0.15, 0.2) is 57.0 Å². The number of fused-ring (bicyclic) bond motifs is 2. The van der Waals surface area contributed by atoms with Gasteiger partial charge in [-0.25, -0.2) is 9.80 Å². The number of rotatable bonds is 4. The number of methoxy groups -OCH3 is 1. The molecule has 0 unspecified atom stereocenters. The molecule has 4 rings (SSSR count). The first-order valence-corrected chi connectivity index (χ1v) is 11.2. The maximum Gasteiger partial charge on any atom is 0.337 e. The Morgan fingerprint density at radius 1 is 1.27 bits per heavy atom. The average molecular weight is 487 g/mol. The zero-order chi connectivity index (χ0) is 21.3. The molecule has 9 heteroatoms. The minimum atomic E-state index is -0.524. The average Bonchev–Trinajstić information content (AvgIpc) is 2.76. The Labute approximate surface area is 186 Å². The zero-order valence-electron chi connectivity index (χ0n) is 16.4. The van der Waals surface area contributed by atoms with Gasteiger partial charge in [0.2, 0.25) is 0 Å². The van der Waals surface area contributed by atoms with Gasteiger partial charge in [0, 0.05) is 15.4 Å². The molecule has 0 bridgehead atoms. The molecule has 2 heterocycles. The fraction of sp³-hybridized carbons (Fsp3) is 0.238. The first kappa shape index (κ1) is 20.6. The van der Waals surface area contributed by atoms with Crippen molar-refractivity contribution >= 4 is 50.4 Å². The van der Waals surface area contributed by atoms with Crippen LogP contribution in [0, 0.1) is 0 Å². The highest BCUT2D eigenvalue weighted by molar-refractivity contribution is 9.10. The van der Waals surface area contributed by atoms with E-state index < -0.39 is 12.1 Å². The lowest BCUT2D eigenvalue weighted by Gasteiger charge is -2.34. The number of ether oxygens (including phenoxy) is 1. The standard InChI is InChI=1S/C21H19BrN4O3S/c1-3-10-30-21-24-19(27)17-15-11-14(22)8-9-16(15)23-18(26(17)25-21)12-4-6-13(7-5-12)20(28)29-2/h4-9,11,18H,3,10H2,1-2H3,(H,24,25,27)/t18-/m0/s1. The van der Waals surface area contributed by atoms with Crippen molar-refractivity contribution in [1.29, 1.82) is 0 Å². The highest BCUT2D eigenvalue weighted by atomic mass is 79.9. The van der Waals surface area contributed by atoms with Crippen molar-refractivity contribution in [3.63, 3.8) is 0 Å². The van der Waals surface area contributed by atoms with Crippen LogP contribution in [0.3, 0.4) is 0 Å². The Hall–Kier alpha value is -2.65. The monoisotopic (exact) mass is 486 g/mol. The van der Waals surface area contributed by atoms with Crippen molar-refractivity contribution in [2.75, 3.05) is 12.9 Å². The number of hydrogen-bond donors (Lipinski definition) is 1.